The smallest absolute Gasteiger partial charge is 0.343 e. The first-order valence-corrected chi connectivity index (χ1v) is 11.9. The van der Waals surface area contributed by atoms with Crippen LogP contribution in [-0.2, 0) is 0 Å². The third kappa shape index (κ3) is 8.41. The van der Waals surface area contributed by atoms with Crippen molar-refractivity contribution >= 4 is 18.2 Å². The molecule has 0 aromatic heterocycles. The van der Waals surface area contributed by atoms with E-state index in [1.807, 2.05) is 0 Å². The molecule has 6 nitrogen and oxygen atoms in total. The van der Waals surface area contributed by atoms with E-state index in [1.54, 1.807) is 42.5 Å². The molecule has 0 aliphatic carbocycles. The molecule has 0 aliphatic rings. The van der Waals surface area contributed by atoms with Gasteiger partial charge in [0.1, 0.15) is 23.5 Å². The van der Waals surface area contributed by atoms with E-state index in [9.17, 15) is 14.4 Å². The lowest BCUT2D eigenvalue weighted by atomic mass is 10.1. The first-order valence-electron chi connectivity index (χ1n) is 11.9. The Kier molecular flexibility index (Phi) is 10.1. The minimum atomic E-state index is -0.581. The predicted octanol–water partition coefficient (Wildman–Crippen LogP) is 6.68. The number of carbonyl (C=O) groups is 3. The highest BCUT2D eigenvalue weighted by Crippen LogP contribution is 2.19. The molecule has 0 saturated carbocycles. The summed E-state index contributed by atoms with van der Waals surface area (Å²) in [5.74, 6) is 0.208. The van der Waals surface area contributed by atoms with Crippen LogP contribution in [0.2, 0.25) is 0 Å². The van der Waals surface area contributed by atoms with Crippen LogP contribution < -0.4 is 14.2 Å². The highest BCUT2D eigenvalue weighted by Gasteiger charge is 2.12. The summed E-state index contributed by atoms with van der Waals surface area (Å²) >= 11 is 0. The van der Waals surface area contributed by atoms with E-state index >= 15 is 0 Å². The van der Waals surface area contributed by atoms with Crippen LogP contribution in [0.5, 0.6) is 17.2 Å². The standard InChI is InChI=1S/C29H30O6/c1-2-3-4-5-6-7-19-33-25-15-11-23(12-16-25)28(31)34-26-17-13-24(14-18-26)29(32)35-27-10-8-9-22(20-27)21-30/h8-18,20-21H,2-7,19H2,1H3. The van der Waals surface area contributed by atoms with Gasteiger partial charge in [-0.25, -0.2) is 9.59 Å². The largest absolute Gasteiger partial charge is 0.494 e. The Morgan fingerprint density at radius 3 is 1.89 bits per heavy atom. The summed E-state index contributed by atoms with van der Waals surface area (Å²) in [6.45, 7) is 2.87. The molecule has 182 valence electrons. The number of ether oxygens (including phenoxy) is 3. The molecule has 6 heteroatoms. The molecule has 0 bridgehead atoms. The lowest BCUT2D eigenvalue weighted by Gasteiger charge is -2.08. The van der Waals surface area contributed by atoms with E-state index in [-0.39, 0.29) is 11.3 Å². The van der Waals surface area contributed by atoms with Crippen molar-refractivity contribution in [2.75, 3.05) is 6.61 Å². The maximum atomic E-state index is 12.4. The highest BCUT2D eigenvalue weighted by molar-refractivity contribution is 5.93. The molecule has 3 aromatic rings. The molecule has 0 unspecified atom stereocenters. The Hall–Kier alpha value is -3.93. The fourth-order valence-electron chi connectivity index (χ4n) is 3.40. The van der Waals surface area contributed by atoms with E-state index in [0.717, 1.165) is 18.6 Å². The third-order valence-corrected chi connectivity index (χ3v) is 5.36. The molecule has 0 atom stereocenters. The number of rotatable bonds is 13. The topological polar surface area (TPSA) is 78.9 Å². The monoisotopic (exact) mass is 474 g/mol. The molecule has 3 rings (SSSR count). The van der Waals surface area contributed by atoms with Gasteiger partial charge in [-0.2, -0.15) is 0 Å². The van der Waals surface area contributed by atoms with Crippen LogP contribution >= 0.6 is 0 Å². The fourth-order valence-corrected chi connectivity index (χ4v) is 3.40. The van der Waals surface area contributed by atoms with Crippen molar-refractivity contribution in [2.24, 2.45) is 0 Å². The average molecular weight is 475 g/mol. The van der Waals surface area contributed by atoms with E-state index in [0.29, 0.717) is 29.8 Å². The van der Waals surface area contributed by atoms with Crippen molar-refractivity contribution in [1.29, 1.82) is 0 Å². The van der Waals surface area contributed by atoms with Gasteiger partial charge in [0.2, 0.25) is 0 Å². The predicted molar refractivity (Wildman–Crippen MR) is 134 cm³/mol. The third-order valence-electron chi connectivity index (χ3n) is 5.36. The van der Waals surface area contributed by atoms with Crippen molar-refractivity contribution in [3.63, 3.8) is 0 Å². The normalized spacial score (nSPS) is 10.4. The number of esters is 2. The summed E-state index contributed by atoms with van der Waals surface area (Å²) in [5, 5.41) is 0. The zero-order valence-electron chi connectivity index (χ0n) is 19.9. The Balaban J connectivity index is 1.46. The van der Waals surface area contributed by atoms with Crippen molar-refractivity contribution in [3.8, 4) is 17.2 Å². The number of unbranched alkanes of at least 4 members (excludes halogenated alkanes) is 5. The first-order chi connectivity index (χ1) is 17.1. The molecule has 0 aliphatic heterocycles. The molecule has 0 heterocycles. The van der Waals surface area contributed by atoms with E-state index in [2.05, 4.69) is 6.92 Å². The Labute approximate surface area is 205 Å². The van der Waals surface area contributed by atoms with Crippen LogP contribution in [0.1, 0.15) is 76.5 Å². The van der Waals surface area contributed by atoms with Gasteiger partial charge >= 0.3 is 11.9 Å². The van der Waals surface area contributed by atoms with Crippen molar-refractivity contribution in [1.82, 2.24) is 0 Å². The lowest BCUT2D eigenvalue weighted by molar-refractivity contribution is 0.0730. The van der Waals surface area contributed by atoms with Crippen LogP contribution in [0.4, 0.5) is 0 Å². The van der Waals surface area contributed by atoms with Gasteiger partial charge in [-0.1, -0.05) is 51.2 Å². The Morgan fingerprint density at radius 2 is 1.26 bits per heavy atom. The van der Waals surface area contributed by atoms with Crippen molar-refractivity contribution in [3.05, 3.63) is 89.5 Å². The quantitative estimate of drug-likeness (QED) is 0.119. The fraction of sp³-hybridized carbons (Fsp3) is 0.276. The number of hydrogen-bond donors (Lipinski definition) is 0. The van der Waals surface area contributed by atoms with E-state index in [4.69, 9.17) is 14.2 Å². The highest BCUT2D eigenvalue weighted by atomic mass is 16.5. The van der Waals surface area contributed by atoms with Crippen LogP contribution in [0.25, 0.3) is 0 Å². The average Bonchev–Trinajstić information content (AvgIpc) is 2.89. The second kappa shape index (κ2) is 13.7. The first kappa shape index (κ1) is 25.7. The molecule has 0 spiro atoms. The molecular formula is C29H30O6. The van der Waals surface area contributed by atoms with Gasteiger partial charge in [0.15, 0.2) is 0 Å². The molecule has 0 fully saturated rings. The lowest BCUT2D eigenvalue weighted by Crippen LogP contribution is -2.10. The van der Waals surface area contributed by atoms with Crippen molar-refractivity contribution in [2.45, 2.75) is 45.4 Å². The molecular weight excluding hydrogens is 444 g/mol. The zero-order chi connectivity index (χ0) is 24.9. The number of aldehydes is 1. The van der Waals surface area contributed by atoms with E-state index in [1.165, 1.54) is 56.0 Å². The van der Waals surface area contributed by atoms with Gasteiger partial charge < -0.3 is 14.2 Å². The van der Waals surface area contributed by atoms with Crippen LogP contribution in [0.15, 0.2) is 72.8 Å². The number of hydrogen-bond acceptors (Lipinski definition) is 6. The summed E-state index contributed by atoms with van der Waals surface area (Å²) in [6.07, 6.45) is 7.89. The maximum Gasteiger partial charge on any atom is 0.343 e. The second-order valence-corrected chi connectivity index (χ2v) is 8.13. The molecule has 35 heavy (non-hydrogen) atoms. The number of benzene rings is 3. The molecule has 3 aromatic carbocycles. The number of carbonyl (C=O) groups excluding carboxylic acids is 3. The van der Waals surface area contributed by atoms with Crippen LogP contribution in [0.3, 0.4) is 0 Å². The van der Waals surface area contributed by atoms with Gasteiger partial charge in [-0.05, 0) is 67.1 Å². The Morgan fingerprint density at radius 1 is 0.686 bits per heavy atom. The van der Waals surface area contributed by atoms with Gasteiger partial charge in [-0.3, -0.25) is 4.79 Å². The summed E-state index contributed by atoms with van der Waals surface area (Å²) in [5.41, 5.74) is 1.10. The van der Waals surface area contributed by atoms with Gasteiger partial charge in [0.25, 0.3) is 0 Å². The summed E-state index contributed by atoms with van der Waals surface area (Å²) in [6, 6.07) is 19.2. The summed E-state index contributed by atoms with van der Waals surface area (Å²) in [4.78, 5) is 35.6. The maximum absolute atomic E-state index is 12.4. The minimum Gasteiger partial charge on any atom is -0.494 e. The Bertz CT molecular complexity index is 1100. The summed E-state index contributed by atoms with van der Waals surface area (Å²) in [7, 11) is 0. The van der Waals surface area contributed by atoms with Crippen LogP contribution in [0, 0.1) is 0 Å². The van der Waals surface area contributed by atoms with Gasteiger partial charge in [-0.15, -0.1) is 0 Å². The molecule has 0 saturated heterocycles. The second-order valence-electron chi connectivity index (χ2n) is 8.13. The molecule has 0 N–H and O–H groups in total. The van der Waals surface area contributed by atoms with Crippen molar-refractivity contribution < 1.29 is 28.6 Å². The minimum absolute atomic E-state index is 0.273. The van der Waals surface area contributed by atoms with Crippen LogP contribution in [-0.4, -0.2) is 24.8 Å². The van der Waals surface area contributed by atoms with E-state index < -0.39 is 11.9 Å². The zero-order valence-corrected chi connectivity index (χ0v) is 19.9. The molecule has 0 amide bonds. The van der Waals surface area contributed by atoms with Gasteiger partial charge in [0.05, 0.1) is 17.7 Å². The van der Waals surface area contributed by atoms with Gasteiger partial charge in [0, 0.05) is 5.56 Å². The SMILES string of the molecule is CCCCCCCCOc1ccc(C(=O)Oc2ccc(C(=O)Oc3cccc(C=O)c3)cc2)cc1. The molecule has 0 radical (unpaired) electrons. The summed E-state index contributed by atoms with van der Waals surface area (Å²) < 4.78 is 16.4.